The molecule has 3 aliphatic rings. The maximum absolute atomic E-state index is 13.9. The van der Waals surface area contributed by atoms with Gasteiger partial charge in [0.2, 0.25) is 0 Å². The minimum absolute atomic E-state index is 0.00364. The van der Waals surface area contributed by atoms with Gasteiger partial charge in [0.25, 0.3) is 5.91 Å². The van der Waals surface area contributed by atoms with Crippen molar-refractivity contribution in [3.05, 3.63) is 65.5 Å². The second kappa shape index (κ2) is 8.50. The molecule has 0 saturated heterocycles. The summed E-state index contributed by atoms with van der Waals surface area (Å²) in [5, 5.41) is 8.97. The second-order valence-electron chi connectivity index (χ2n) is 8.94. The Kier molecular flexibility index (Phi) is 5.52. The predicted octanol–water partition coefficient (Wildman–Crippen LogP) is 4.38. The Bertz CT molecular complexity index is 1100. The molecule has 0 radical (unpaired) electrons. The Morgan fingerprint density at radius 3 is 2.58 bits per heavy atom. The van der Waals surface area contributed by atoms with Gasteiger partial charge in [-0.2, -0.15) is 0 Å². The molecule has 3 unspecified atom stereocenters. The first-order valence-corrected chi connectivity index (χ1v) is 11.3. The number of carbonyl (C=O) groups excluding carboxylic acids is 2. The Morgan fingerprint density at radius 1 is 1.06 bits per heavy atom. The van der Waals surface area contributed by atoms with Crippen LogP contribution in [0.2, 0.25) is 0 Å². The van der Waals surface area contributed by atoms with Crippen molar-refractivity contribution in [3.8, 4) is 0 Å². The molecule has 33 heavy (non-hydrogen) atoms. The van der Waals surface area contributed by atoms with Gasteiger partial charge in [0.1, 0.15) is 5.82 Å². The number of hydrogen-bond donors (Lipinski definition) is 1. The van der Waals surface area contributed by atoms with Crippen molar-refractivity contribution in [2.45, 2.75) is 50.2 Å². The number of fused-ring (bicyclic) bond motifs is 2. The molecule has 0 aromatic heterocycles. The Morgan fingerprint density at radius 2 is 1.85 bits per heavy atom. The number of carboxylic acid groups (broad SMARTS) is 1. The highest BCUT2D eigenvalue weighted by Crippen LogP contribution is 2.52. The van der Waals surface area contributed by atoms with E-state index in [2.05, 4.69) is 0 Å². The predicted molar refractivity (Wildman–Crippen MR) is 117 cm³/mol. The van der Waals surface area contributed by atoms with Gasteiger partial charge in [0.05, 0.1) is 6.04 Å². The van der Waals surface area contributed by atoms with Crippen molar-refractivity contribution in [1.82, 2.24) is 4.90 Å². The fourth-order valence-corrected chi connectivity index (χ4v) is 5.44. The number of amides is 2. The van der Waals surface area contributed by atoms with Crippen molar-refractivity contribution in [3.63, 3.8) is 0 Å². The molecule has 172 valence electrons. The van der Waals surface area contributed by atoms with E-state index in [0.717, 1.165) is 37.7 Å². The summed E-state index contributed by atoms with van der Waals surface area (Å²) in [5.74, 6) is -1.94. The SMILES string of the molecule is O=C(O)COC(=O)N(C1CC1)C1c2ccccc2N(C(=O)c2cccc(F)c2)C2CCCC21. The molecule has 1 aliphatic heterocycles. The number of nitrogens with zero attached hydrogens (tertiary/aromatic N) is 2. The lowest BCUT2D eigenvalue weighted by Crippen LogP contribution is -2.53. The maximum atomic E-state index is 13.9. The number of para-hydroxylation sites is 1. The molecular weight excluding hydrogens is 427 g/mol. The van der Waals surface area contributed by atoms with Crippen LogP contribution in [0.3, 0.4) is 0 Å². The number of carboxylic acids is 1. The molecule has 0 spiro atoms. The van der Waals surface area contributed by atoms with Gasteiger partial charge in [0.15, 0.2) is 6.61 Å². The van der Waals surface area contributed by atoms with Gasteiger partial charge < -0.3 is 14.7 Å². The maximum Gasteiger partial charge on any atom is 0.411 e. The van der Waals surface area contributed by atoms with Gasteiger partial charge in [-0.25, -0.2) is 14.0 Å². The van der Waals surface area contributed by atoms with E-state index in [-0.39, 0.29) is 35.5 Å². The second-order valence-corrected chi connectivity index (χ2v) is 8.94. The first-order chi connectivity index (χ1) is 16.0. The van der Waals surface area contributed by atoms with Gasteiger partial charge in [-0.05, 0) is 55.5 Å². The van der Waals surface area contributed by atoms with E-state index in [4.69, 9.17) is 9.84 Å². The molecule has 8 heteroatoms. The first-order valence-electron chi connectivity index (χ1n) is 11.3. The molecule has 1 heterocycles. The minimum Gasteiger partial charge on any atom is -0.479 e. The quantitative estimate of drug-likeness (QED) is 0.728. The summed E-state index contributed by atoms with van der Waals surface area (Å²) in [7, 11) is 0. The van der Waals surface area contributed by atoms with E-state index < -0.39 is 24.5 Å². The molecule has 7 nitrogen and oxygen atoms in total. The summed E-state index contributed by atoms with van der Waals surface area (Å²) < 4.78 is 19.0. The normalized spacial score (nSPS) is 23.4. The van der Waals surface area contributed by atoms with Crippen LogP contribution < -0.4 is 4.90 Å². The molecule has 2 aromatic carbocycles. The van der Waals surface area contributed by atoms with Gasteiger partial charge in [-0.3, -0.25) is 9.69 Å². The molecular formula is C25H25FN2O5. The lowest BCUT2D eigenvalue weighted by Gasteiger charge is -2.47. The average molecular weight is 452 g/mol. The highest BCUT2D eigenvalue weighted by atomic mass is 19.1. The van der Waals surface area contributed by atoms with Crippen LogP contribution in [-0.2, 0) is 9.53 Å². The summed E-state index contributed by atoms with van der Waals surface area (Å²) in [6, 6.07) is 12.8. The van der Waals surface area contributed by atoms with Crippen LogP contribution in [0.5, 0.6) is 0 Å². The van der Waals surface area contributed by atoms with E-state index in [0.29, 0.717) is 5.69 Å². The van der Waals surface area contributed by atoms with Gasteiger partial charge in [-0.15, -0.1) is 0 Å². The lowest BCUT2D eigenvalue weighted by molar-refractivity contribution is -0.140. The highest BCUT2D eigenvalue weighted by Gasteiger charge is 2.52. The Labute approximate surface area is 190 Å². The van der Waals surface area contributed by atoms with Crippen LogP contribution in [0.4, 0.5) is 14.9 Å². The standard InChI is InChI=1S/C25H25FN2O5/c26-16-6-3-5-15(13-16)24(31)28-20-9-2-1-7-18(20)23(19-8-4-10-21(19)28)27(17-11-12-17)25(32)33-14-22(29)30/h1-3,5-7,9,13,17,19,21,23H,4,8,10-12,14H2,(H,29,30). The van der Waals surface area contributed by atoms with Crippen molar-refractivity contribution in [2.75, 3.05) is 11.5 Å². The summed E-state index contributed by atoms with van der Waals surface area (Å²) >= 11 is 0. The molecule has 3 atom stereocenters. The van der Waals surface area contributed by atoms with E-state index >= 15 is 0 Å². The van der Waals surface area contributed by atoms with Crippen molar-refractivity contribution < 1.29 is 28.6 Å². The molecule has 0 bridgehead atoms. The van der Waals surface area contributed by atoms with Crippen LogP contribution in [-0.4, -0.2) is 46.7 Å². The van der Waals surface area contributed by atoms with Gasteiger partial charge in [-0.1, -0.05) is 30.7 Å². The summed E-state index contributed by atoms with van der Waals surface area (Å²) in [5.41, 5.74) is 1.83. The lowest BCUT2D eigenvalue weighted by atomic mass is 9.81. The third kappa shape index (κ3) is 3.94. The smallest absolute Gasteiger partial charge is 0.411 e. The molecule has 2 aliphatic carbocycles. The molecule has 2 saturated carbocycles. The van der Waals surface area contributed by atoms with Gasteiger partial charge in [0, 0.05) is 29.3 Å². The minimum atomic E-state index is -1.20. The van der Waals surface area contributed by atoms with Crippen LogP contribution in [0.1, 0.15) is 54.1 Å². The Balaban J connectivity index is 1.56. The third-order valence-electron chi connectivity index (χ3n) is 6.84. The molecule has 2 aromatic rings. The third-order valence-corrected chi connectivity index (χ3v) is 6.84. The Hall–Kier alpha value is -3.42. The molecule has 1 N–H and O–H groups in total. The fourth-order valence-electron chi connectivity index (χ4n) is 5.44. The van der Waals surface area contributed by atoms with Crippen molar-refractivity contribution >= 4 is 23.7 Å². The van der Waals surface area contributed by atoms with E-state index in [1.165, 1.54) is 18.2 Å². The topological polar surface area (TPSA) is 87.2 Å². The number of rotatable bonds is 5. The van der Waals surface area contributed by atoms with E-state index in [1.807, 2.05) is 24.3 Å². The number of ether oxygens (including phenoxy) is 1. The van der Waals surface area contributed by atoms with Crippen molar-refractivity contribution in [2.24, 2.45) is 5.92 Å². The van der Waals surface area contributed by atoms with Gasteiger partial charge >= 0.3 is 12.1 Å². The molecule has 2 amide bonds. The number of hydrogen-bond acceptors (Lipinski definition) is 4. The van der Waals surface area contributed by atoms with Crippen LogP contribution in [0, 0.1) is 11.7 Å². The molecule has 5 rings (SSSR count). The molecule has 2 fully saturated rings. The number of anilines is 1. The summed E-state index contributed by atoms with van der Waals surface area (Å²) in [4.78, 5) is 41.1. The number of carbonyl (C=O) groups is 3. The van der Waals surface area contributed by atoms with E-state index in [1.54, 1.807) is 15.9 Å². The first kappa shape index (κ1) is 21.4. The number of aliphatic carboxylic acids is 1. The zero-order valence-electron chi connectivity index (χ0n) is 18.0. The van der Waals surface area contributed by atoms with Crippen molar-refractivity contribution in [1.29, 1.82) is 0 Å². The monoisotopic (exact) mass is 452 g/mol. The van der Waals surface area contributed by atoms with Crippen LogP contribution in [0.25, 0.3) is 0 Å². The number of halogens is 1. The largest absolute Gasteiger partial charge is 0.479 e. The van der Waals surface area contributed by atoms with Crippen LogP contribution >= 0.6 is 0 Å². The summed E-state index contributed by atoms with van der Waals surface area (Å²) in [6.07, 6.45) is 3.55. The van der Waals surface area contributed by atoms with Crippen LogP contribution in [0.15, 0.2) is 48.5 Å². The fraction of sp³-hybridized carbons (Fsp3) is 0.400. The number of benzene rings is 2. The van der Waals surface area contributed by atoms with E-state index in [9.17, 15) is 18.8 Å². The average Bonchev–Trinajstić information content (AvgIpc) is 3.52. The highest BCUT2D eigenvalue weighted by molar-refractivity contribution is 6.07. The zero-order chi connectivity index (χ0) is 23.1. The summed E-state index contributed by atoms with van der Waals surface area (Å²) in [6.45, 7) is -0.686. The zero-order valence-corrected chi connectivity index (χ0v) is 18.0.